The molecule has 0 saturated carbocycles. The van der Waals surface area contributed by atoms with Gasteiger partial charge < -0.3 is 10.4 Å². The molecule has 1 atom stereocenters. The minimum atomic E-state index is -1.16. The zero-order valence-electron chi connectivity index (χ0n) is 6.76. The van der Waals surface area contributed by atoms with Crippen molar-refractivity contribution < 1.29 is 9.90 Å². The summed E-state index contributed by atoms with van der Waals surface area (Å²) in [6, 6.07) is 0.615. The van der Waals surface area contributed by atoms with Gasteiger partial charge in [0.2, 0.25) is 0 Å². The molecule has 3 nitrogen and oxygen atoms in total. The Labute approximate surface area is 73.6 Å². The number of nitrogens with one attached hydrogen (secondary N) is 1. The quantitative estimate of drug-likeness (QED) is 0.607. The van der Waals surface area contributed by atoms with Crippen LogP contribution in [0.15, 0.2) is 0 Å². The lowest BCUT2D eigenvalue weighted by Crippen LogP contribution is -2.30. The summed E-state index contributed by atoms with van der Waals surface area (Å²) in [4.78, 5) is 10.4. The number of carbonyl (C=O) groups is 1. The number of hydrogen-bond donors (Lipinski definition) is 2. The molecular weight excluding hydrogens is 182 g/mol. The molecule has 11 heavy (non-hydrogen) atoms. The van der Waals surface area contributed by atoms with Crippen LogP contribution in [-0.2, 0) is 4.79 Å². The second-order valence-electron chi connectivity index (χ2n) is 3.64. The van der Waals surface area contributed by atoms with Gasteiger partial charge in [0.05, 0.1) is 8.07 Å². The van der Waals surface area contributed by atoms with E-state index in [1.165, 1.54) is 0 Å². The van der Waals surface area contributed by atoms with Crippen molar-refractivity contribution in [2.24, 2.45) is 0 Å². The molecular formula is C6H14ClNO2Si. The van der Waals surface area contributed by atoms with Crippen LogP contribution in [0.3, 0.4) is 0 Å². The molecule has 1 aliphatic rings. The summed E-state index contributed by atoms with van der Waals surface area (Å²) in [5.41, 5.74) is 0. The number of aliphatic carboxylic acids is 1. The summed E-state index contributed by atoms with van der Waals surface area (Å²) < 4.78 is 0. The van der Waals surface area contributed by atoms with E-state index < -0.39 is 14.0 Å². The second kappa shape index (κ2) is 3.56. The normalized spacial score (nSPS) is 27.6. The Balaban J connectivity index is 0.000001000. The lowest BCUT2D eigenvalue weighted by atomic mass is 10.4. The average molecular weight is 196 g/mol. The van der Waals surface area contributed by atoms with Gasteiger partial charge in [-0.2, -0.15) is 0 Å². The molecule has 0 bridgehead atoms. The van der Waals surface area contributed by atoms with E-state index >= 15 is 0 Å². The highest BCUT2D eigenvalue weighted by atomic mass is 35.5. The van der Waals surface area contributed by atoms with Gasteiger partial charge in [-0.25, -0.2) is 0 Å². The second-order valence-corrected chi connectivity index (χ2v) is 8.73. The number of rotatable bonds is 1. The first kappa shape index (κ1) is 10.9. The molecule has 1 fully saturated rings. The number of hydrogen-bond acceptors (Lipinski definition) is 2. The van der Waals surface area contributed by atoms with Gasteiger partial charge in [0.1, 0.15) is 6.04 Å². The van der Waals surface area contributed by atoms with Crippen molar-refractivity contribution in [2.45, 2.75) is 25.2 Å². The third-order valence-corrected chi connectivity index (χ3v) is 4.56. The smallest absolute Gasteiger partial charge is 0.320 e. The highest BCUT2D eigenvalue weighted by molar-refractivity contribution is 6.78. The van der Waals surface area contributed by atoms with E-state index in [1.54, 1.807) is 0 Å². The van der Waals surface area contributed by atoms with Gasteiger partial charge in [0.25, 0.3) is 0 Å². The van der Waals surface area contributed by atoms with Gasteiger partial charge in [-0.1, -0.05) is 13.1 Å². The van der Waals surface area contributed by atoms with Crippen LogP contribution in [0.25, 0.3) is 0 Å². The molecule has 5 heteroatoms. The SMILES string of the molecule is C[Si]1(C)CNC(C(=O)O)C1.Cl. The Kier molecular flexibility index (Phi) is 3.54. The van der Waals surface area contributed by atoms with Gasteiger partial charge in [-0.05, 0) is 12.2 Å². The van der Waals surface area contributed by atoms with Crippen LogP contribution in [-0.4, -0.2) is 31.4 Å². The zero-order chi connectivity index (χ0) is 7.78. The minimum absolute atomic E-state index is 0. The molecule has 2 N–H and O–H groups in total. The van der Waals surface area contributed by atoms with E-state index in [0.29, 0.717) is 0 Å². The maximum atomic E-state index is 10.4. The van der Waals surface area contributed by atoms with Crippen LogP contribution in [0.5, 0.6) is 0 Å². The first-order valence-corrected chi connectivity index (χ1v) is 6.89. The van der Waals surface area contributed by atoms with Gasteiger partial charge >= 0.3 is 5.97 Å². The average Bonchev–Trinajstić information content (AvgIpc) is 2.10. The molecule has 0 aliphatic carbocycles. The van der Waals surface area contributed by atoms with E-state index in [4.69, 9.17) is 5.11 Å². The topological polar surface area (TPSA) is 49.3 Å². The lowest BCUT2D eigenvalue weighted by Gasteiger charge is -2.10. The molecule has 0 aromatic carbocycles. The van der Waals surface area contributed by atoms with Crippen molar-refractivity contribution in [3.8, 4) is 0 Å². The van der Waals surface area contributed by atoms with Crippen LogP contribution in [0.1, 0.15) is 0 Å². The Hall–Kier alpha value is -0.0631. The summed E-state index contributed by atoms with van der Waals surface area (Å²) in [5, 5.41) is 11.6. The van der Waals surface area contributed by atoms with Crippen LogP contribution in [0.4, 0.5) is 0 Å². The predicted octanol–water partition coefficient (Wildman–Crippen LogP) is 0.712. The molecule has 0 radical (unpaired) electrons. The first-order chi connectivity index (χ1) is 4.51. The molecule has 0 spiro atoms. The first-order valence-electron chi connectivity index (χ1n) is 3.47. The largest absolute Gasteiger partial charge is 0.480 e. The van der Waals surface area contributed by atoms with Crippen molar-refractivity contribution >= 4 is 26.5 Å². The predicted molar refractivity (Wildman–Crippen MR) is 49.0 cm³/mol. The van der Waals surface area contributed by atoms with Gasteiger partial charge in [-0.3, -0.25) is 4.79 Å². The fourth-order valence-electron chi connectivity index (χ4n) is 1.27. The maximum Gasteiger partial charge on any atom is 0.320 e. The van der Waals surface area contributed by atoms with Gasteiger partial charge in [0.15, 0.2) is 0 Å². The number of halogens is 1. The molecule has 1 rings (SSSR count). The summed E-state index contributed by atoms with van der Waals surface area (Å²) in [5.74, 6) is -0.696. The third kappa shape index (κ3) is 2.81. The molecule has 66 valence electrons. The molecule has 0 amide bonds. The molecule has 0 aromatic rings. The highest BCUT2D eigenvalue weighted by Crippen LogP contribution is 2.17. The minimum Gasteiger partial charge on any atom is -0.480 e. The number of carboxylic acid groups (broad SMARTS) is 1. The number of carboxylic acids is 1. The Bertz CT molecular complexity index is 163. The van der Waals surface area contributed by atoms with Crippen LogP contribution in [0.2, 0.25) is 19.1 Å². The zero-order valence-corrected chi connectivity index (χ0v) is 8.57. The maximum absolute atomic E-state index is 10.4. The Morgan fingerprint density at radius 1 is 1.64 bits per heavy atom. The fourth-order valence-corrected chi connectivity index (χ4v) is 3.64. The lowest BCUT2D eigenvalue weighted by molar-refractivity contribution is -0.138. The van der Waals surface area contributed by atoms with Crippen molar-refractivity contribution in [3.05, 3.63) is 0 Å². The molecule has 1 saturated heterocycles. The van der Waals surface area contributed by atoms with Gasteiger partial charge in [0, 0.05) is 0 Å². The summed E-state index contributed by atoms with van der Waals surface area (Å²) in [6.07, 6.45) is 0.948. The molecule has 1 heterocycles. The van der Waals surface area contributed by atoms with Crippen molar-refractivity contribution in [3.63, 3.8) is 0 Å². The Morgan fingerprint density at radius 2 is 2.18 bits per heavy atom. The van der Waals surface area contributed by atoms with E-state index in [-0.39, 0.29) is 18.4 Å². The Morgan fingerprint density at radius 3 is 2.36 bits per heavy atom. The van der Waals surface area contributed by atoms with Crippen LogP contribution in [0, 0.1) is 0 Å². The monoisotopic (exact) mass is 195 g/mol. The van der Waals surface area contributed by atoms with Crippen molar-refractivity contribution in [1.82, 2.24) is 5.32 Å². The summed E-state index contributed by atoms with van der Waals surface area (Å²) in [7, 11) is -1.16. The van der Waals surface area contributed by atoms with E-state index in [0.717, 1.165) is 12.2 Å². The van der Waals surface area contributed by atoms with Crippen LogP contribution >= 0.6 is 12.4 Å². The summed E-state index contributed by atoms with van der Waals surface area (Å²) in [6.45, 7) is 4.42. The van der Waals surface area contributed by atoms with E-state index in [1.807, 2.05) is 0 Å². The van der Waals surface area contributed by atoms with Crippen molar-refractivity contribution in [1.29, 1.82) is 0 Å². The fraction of sp³-hybridized carbons (Fsp3) is 0.833. The van der Waals surface area contributed by atoms with Crippen molar-refractivity contribution in [2.75, 3.05) is 6.17 Å². The molecule has 1 unspecified atom stereocenters. The van der Waals surface area contributed by atoms with E-state index in [9.17, 15) is 4.79 Å². The summed E-state index contributed by atoms with van der Waals surface area (Å²) >= 11 is 0. The van der Waals surface area contributed by atoms with Crippen LogP contribution < -0.4 is 5.32 Å². The molecule has 1 aliphatic heterocycles. The third-order valence-electron chi connectivity index (χ3n) is 1.88. The standard InChI is InChI=1S/C6H13NO2Si.ClH/c1-10(2)3-5(6(8)9)7-4-10;/h5,7H,3-4H2,1-2H3,(H,8,9);1H. The molecule has 0 aromatic heterocycles. The van der Waals surface area contributed by atoms with Gasteiger partial charge in [-0.15, -0.1) is 12.4 Å². The highest BCUT2D eigenvalue weighted by Gasteiger charge is 2.35. The van der Waals surface area contributed by atoms with E-state index in [2.05, 4.69) is 18.4 Å².